The zero-order chi connectivity index (χ0) is 21.3. The maximum Gasteiger partial charge on any atom is 0.296 e. The van der Waals surface area contributed by atoms with Crippen LogP contribution >= 0.6 is 11.6 Å². The molecule has 0 fully saturated rings. The van der Waals surface area contributed by atoms with Crippen molar-refractivity contribution in [3.63, 3.8) is 0 Å². The number of carbonyl (C=O) groups excluding carboxylic acids is 2. The Kier molecular flexibility index (Phi) is 5.38. The molecular formula is C24H18ClFN2O2. The number of fused-ring (bicyclic) bond motifs is 1. The number of ketones is 1. The third-order valence-corrected chi connectivity index (χ3v) is 5.42. The van der Waals surface area contributed by atoms with Crippen molar-refractivity contribution in [1.82, 2.24) is 4.57 Å². The summed E-state index contributed by atoms with van der Waals surface area (Å²) in [7, 11) is 0. The van der Waals surface area contributed by atoms with Crippen molar-refractivity contribution in [1.29, 1.82) is 0 Å². The van der Waals surface area contributed by atoms with Gasteiger partial charge in [0.15, 0.2) is 0 Å². The predicted molar refractivity (Wildman–Crippen MR) is 117 cm³/mol. The fraction of sp³-hybridized carbons (Fsp3) is 0.0833. The van der Waals surface area contributed by atoms with E-state index in [1.807, 2.05) is 47.0 Å². The molecule has 0 aliphatic rings. The number of anilines is 1. The molecule has 4 nitrogen and oxygen atoms in total. The molecule has 0 aliphatic carbocycles. The van der Waals surface area contributed by atoms with Crippen LogP contribution in [0.25, 0.3) is 10.9 Å². The number of nitrogens with zero attached hydrogens (tertiary/aromatic N) is 1. The number of rotatable bonds is 5. The van der Waals surface area contributed by atoms with Crippen LogP contribution in [0, 0.1) is 12.7 Å². The van der Waals surface area contributed by atoms with E-state index in [4.69, 9.17) is 11.6 Å². The minimum atomic E-state index is -0.815. The summed E-state index contributed by atoms with van der Waals surface area (Å²) in [6, 6.07) is 19.2. The average Bonchev–Trinajstić information content (AvgIpc) is 3.11. The molecule has 6 heteroatoms. The lowest BCUT2D eigenvalue weighted by Gasteiger charge is -2.08. The van der Waals surface area contributed by atoms with Gasteiger partial charge in [0.2, 0.25) is 0 Å². The second kappa shape index (κ2) is 8.13. The first-order valence-electron chi connectivity index (χ1n) is 9.38. The van der Waals surface area contributed by atoms with Gasteiger partial charge >= 0.3 is 0 Å². The van der Waals surface area contributed by atoms with E-state index in [-0.39, 0.29) is 16.8 Å². The number of aromatic nitrogens is 1. The van der Waals surface area contributed by atoms with Crippen LogP contribution in [0.4, 0.5) is 10.1 Å². The lowest BCUT2D eigenvalue weighted by atomic mass is 10.1. The minimum absolute atomic E-state index is 0.271. The fourth-order valence-electron chi connectivity index (χ4n) is 3.41. The van der Waals surface area contributed by atoms with Gasteiger partial charge in [0.1, 0.15) is 5.82 Å². The molecule has 30 heavy (non-hydrogen) atoms. The number of nitrogens with one attached hydrogen (secondary N) is 1. The number of carbonyl (C=O) groups is 2. The topological polar surface area (TPSA) is 51.1 Å². The Bertz CT molecular complexity index is 1280. The second-order valence-corrected chi connectivity index (χ2v) is 7.38. The molecule has 150 valence electrons. The third kappa shape index (κ3) is 3.72. The molecule has 0 saturated heterocycles. The van der Waals surface area contributed by atoms with E-state index < -0.39 is 17.5 Å². The molecule has 0 aliphatic heterocycles. The maximum absolute atomic E-state index is 13.8. The summed E-state index contributed by atoms with van der Waals surface area (Å²) in [4.78, 5) is 25.6. The van der Waals surface area contributed by atoms with Crippen molar-refractivity contribution < 1.29 is 14.0 Å². The Morgan fingerprint density at radius 1 is 1.00 bits per heavy atom. The van der Waals surface area contributed by atoms with E-state index in [2.05, 4.69) is 5.32 Å². The standard InChI is InChI=1S/C24H18ClFN2O2/c1-15-20(26)10-6-11-21(15)27-24(30)23(29)18-14-28(22-12-5-3-8-17(18)22)13-16-7-2-4-9-19(16)25/h2-12,14H,13H2,1H3,(H,27,30). The van der Waals surface area contributed by atoms with Crippen LogP contribution in [0.3, 0.4) is 0 Å². The molecule has 4 aromatic rings. The van der Waals surface area contributed by atoms with E-state index in [1.165, 1.54) is 12.1 Å². The van der Waals surface area contributed by atoms with E-state index in [1.54, 1.807) is 25.3 Å². The summed E-state index contributed by atoms with van der Waals surface area (Å²) < 4.78 is 15.6. The molecule has 0 radical (unpaired) electrons. The van der Waals surface area contributed by atoms with Gasteiger partial charge in [-0.25, -0.2) is 4.39 Å². The van der Waals surface area contributed by atoms with Gasteiger partial charge in [-0.05, 0) is 36.8 Å². The number of Topliss-reactive ketones (excluding diaryl/α,β-unsaturated/α-hetero) is 1. The van der Waals surface area contributed by atoms with E-state index >= 15 is 0 Å². The van der Waals surface area contributed by atoms with Crippen LogP contribution in [0.2, 0.25) is 5.02 Å². The van der Waals surface area contributed by atoms with Crippen molar-refractivity contribution in [2.75, 3.05) is 5.32 Å². The van der Waals surface area contributed by atoms with E-state index in [9.17, 15) is 14.0 Å². The summed E-state index contributed by atoms with van der Waals surface area (Å²) in [6.07, 6.45) is 1.66. The first-order chi connectivity index (χ1) is 14.5. The van der Waals surface area contributed by atoms with Crippen LogP contribution in [-0.2, 0) is 11.3 Å². The normalized spacial score (nSPS) is 10.9. The molecule has 1 amide bonds. The molecule has 0 bridgehead atoms. The van der Waals surface area contributed by atoms with Crippen molar-refractivity contribution in [3.05, 3.63) is 100 Å². The number of hydrogen-bond donors (Lipinski definition) is 1. The molecular weight excluding hydrogens is 403 g/mol. The van der Waals surface area contributed by atoms with Gasteiger partial charge in [-0.2, -0.15) is 0 Å². The first-order valence-corrected chi connectivity index (χ1v) is 9.75. The summed E-state index contributed by atoms with van der Waals surface area (Å²) >= 11 is 6.29. The van der Waals surface area contributed by atoms with Crippen molar-refractivity contribution >= 4 is 39.9 Å². The summed E-state index contributed by atoms with van der Waals surface area (Å²) in [5, 5.41) is 3.82. The highest BCUT2D eigenvalue weighted by molar-refractivity contribution is 6.48. The number of halogens is 2. The lowest BCUT2D eigenvalue weighted by molar-refractivity contribution is -0.112. The minimum Gasteiger partial charge on any atom is -0.342 e. The zero-order valence-corrected chi connectivity index (χ0v) is 16.9. The number of hydrogen-bond acceptors (Lipinski definition) is 2. The lowest BCUT2D eigenvalue weighted by Crippen LogP contribution is -2.23. The van der Waals surface area contributed by atoms with Crippen LogP contribution in [-0.4, -0.2) is 16.3 Å². The van der Waals surface area contributed by atoms with Gasteiger partial charge in [-0.3, -0.25) is 9.59 Å². The van der Waals surface area contributed by atoms with Crippen LogP contribution in [0.1, 0.15) is 21.5 Å². The predicted octanol–water partition coefficient (Wildman–Crippen LogP) is 5.61. The number of amides is 1. The first kappa shape index (κ1) is 19.9. The van der Waals surface area contributed by atoms with Crippen LogP contribution < -0.4 is 5.32 Å². The fourth-order valence-corrected chi connectivity index (χ4v) is 3.61. The van der Waals surface area contributed by atoms with Gasteiger partial charge in [0, 0.05) is 39.9 Å². The van der Waals surface area contributed by atoms with Crippen LogP contribution in [0.5, 0.6) is 0 Å². The van der Waals surface area contributed by atoms with Crippen LogP contribution in [0.15, 0.2) is 72.9 Å². The summed E-state index contributed by atoms with van der Waals surface area (Å²) in [6.45, 7) is 2.00. The molecule has 1 heterocycles. The molecule has 1 N–H and O–H groups in total. The summed E-state index contributed by atoms with van der Waals surface area (Å²) in [5.41, 5.74) is 2.55. The largest absolute Gasteiger partial charge is 0.342 e. The molecule has 3 aromatic carbocycles. The maximum atomic E-state index is 13.8. The highest BCUT2D eigenvalue weighted by Crippen LogP contribution is 2.25. The SMILES string of the molecule is Cc1c(F)cccc1NC(=O)C(=O)c1cn(Cc2ccccc2Cl)c2ccccc12. The van der Waals surface area contributed by atoms with E-state index in [0.29, 0.717) is 17.0 Å². The smallest absolute Gasteiger partial charge is 0.296 e. The summed E-state index contributed by atoms with van der Waals surface area (Å²) in [5.74, 6) is -1.95. The van der Waals surface area contributed by atoms with Gasteiger partial charge < -0.3 is 9.88 Å². The van der Waals surface area contributed by atoms with Gasteiger partial charge in [-0.1, -0.05) is 54.1 Å². The van der Waals surface area contributed by atoms with Crippen molar-refractivity contribution in [2.24, 2.45) is 0 Å². The molecule has 0 atom stereocenters. The molecule has 0 spiro atoms. The quantitative estimate of drug-likeness (QED) is 0.337. The highest BCUT2D eigenvalue weighted by Gasteiger charge is 2.22. The Hall–Kier alpha value is -3.44. The molecule has 0 unspecified atom stereocenters. The highest BCUT2D eigenvalue weighted by atomic mass is 35.5. The van der Waals surface area contributed by atoms with Gasteiger partial charge in [-0.15, -0.1) is 0 Å². The van der Waals surface area contributed by atoms with Gasteiger partial charge in [0.05, 0.1) is 5.56 Å². The zero-order valence-electron chi connectivity index (χ0n) is 16.2. The number of para-hydroxylation sites is 1. The number of benzene rings is 3. The Balaban J connectivity index is 1.68. The monoisotopic (exact) mass is 420 g/mol. The van der Waals surface area contributed by atoms with Gasteiger partial charge in [0.25, 0.3) is 11.7 Å². The van der Waals surface area contributed by atoms with Crippen molar-refractivity contribution in [3.8, 4) is 0 Å². The molecule has 0 saturated carbocycles. The second-order valence-electron chi connectivity index (χ2n) is 6.97. The van der Waals surface area contributed by atoms with E-state index in [0.717, 1.165) is 11.1 Å². The average molecular weight is 421 g/mol. The van der Waals surface area contributed by atoms with Crippen molar-refractivity contribution in [2.45, 2.75) is 13.5 Å². The Morgan fingerprint density at radius 3 is 2.53 bits per heavy atom. The Labute approximate surface area is 177 Å². The third-order valence-electron chi connectivity index (χ3n) is 5.05. The molecule has 4 rings (SSSR count). The molecule has 1 aromatic heterocycles. The Morgan fingerprint density at radius 2 is 1.73 bits per heavy atom.